The first-order chi connectivity index (χ1) is 40.6. The molecule has 1 fully saturated rings. The van der Waals surface area contributed by atoms with Crippen molar-refractivity contribution in [3.8, 4) is 0 Å². The molecule has 11 N–H and O–H groups in total. The van der Waals surface area contributed by atoms with Crippen molar-refractivity contribution in [3.63, 3.8) is 0 Å². The Balaban J connectivity index is 2.58. The van der Waals surface area contributed by atoms with E-state index >= 15 is 0 Å². The van der Waals surface area contributed by atoms with Crippen molar-refractivity contribution in [1.29, 1.82) is 0 Å². The van der Waals surface area contributed by atoms with Crippen LogP contribution >= 0.6 is 7.82 Å². The summed E-state index contributed by atoms with van der Waals surface area (Å²) in [5.41, 5.74) is 5.47. The Labute approximate surface area is 505 Å². The van der Waals surface area contributed by atoms with Crippen LogP contribution in [-0.4, -0.2) is 162 Å². The molecule has 1 saturated heterocycles. The Bertz CT molecular complexity index is 1940. The number of primary amides is 1. The van der Waals surface area contributed by atoms with Crippen LogP contribution in [0.3, 0.4) is 0 Å². The Hall–Kier alpha value is -4.33. The molecule has 1 heterocycles. The number of aliphatic hydroxyl groups excluding tert-OH is 3. The molecular formula is C59H109N6O19P. The van der Waals surface area contributed by atoms with Gasteiger partial charge in [-0.3, -0.25) is 47.4 Å². The highest BCUT2D eigenvalue weighted by Crippen LogP contribution is 2.43. The topological polar surface area (TPSA) is 376 Å². The fourth-order valence-corrected chi connectivity index (χ4v) is 10.2. The minimum absolute atomic E-state index is 0.113. The molecule has 1 aliphatic heterocycles. The van der Waals surface area contributed by atoms with Crippen molar-refractivity contribution < 1.29 is 91.1 Å². The summed E-state index contributed by atoms with van der Waals surface area (Å²) >= 11 is 0. The van der Waals surface area contributed by atoms with Crippen molar-refractivity contribution >= 4 is 55.2 Å². The number of hydrogen-bond donors (Lipinski definition) is 10. The second-order valence-corrected chi connectivity index (χ2v) is 23.8. The van der Waals surface area contributed by atoms with Crippen LogP contribution in [0, 0.1) is 0 Å². The number of unbranched alkanes of at least 4 members (excludes halogenated alkanes) is 24. The summed E-state index contributed by atoms with van der Waals surface area (Å²) in [5, 5.41) is 42.4. The first-order valence-corrected chi connectivity index (χ1v) is 33.1. The fourth-order valence-electron chi connectivity index (χ4n) is 9.47. The summed E-state index contributed by atoms with van der Waals surface area (Å²) in [6, 6.07) is -4.95. The van der Waals surface area contributed by atoms with Crippen LogP contribution in [0.25, 0.3) is 0 Å². The number of amides is 6. The van der Waals surface area contributed by atoms with E-state index in [4.69, 9.17) is 33.7 Å². The molecule has 0 aliphatic carbocycles. The molecule has 0 radical (unpaired) electrons. The van der Waals surface area contributed by atoms with Crippen LogP contribution in [0.4, 0.5) is 0 Å². The maximum absolute atomic E-state index is 12.9. The van der Waals surface area contributed by atoms with E-state index in [0.29, 0.717) is 12.8 Å². The van der Waals surface area contributed by atoms with Gasteiger partial charge in [-0.05, 0) is 33.1 Å². The average molecular weight is 1240 g/mol. The van der Waals surface area contributed by atoms with Gasteiger partial charge in [-0.15, -0.1) is 0 Å². The van der Waals surface area contributed by atoms with Crippen LogP contribution < -0.4 is 32.3 Å². The van der Waals surface area contributed by atoms with E-state index in [1.165, 1.54) is 130 Å². The van der Waals surface area contributed by atoms with Gasteiger partial charge in [0.05, 0.1) is 26.4 Å². The van der Waals surface area contributed by atoms with Crippen molar-refractivity contribution in [2.75, 3.05) is 39.6 Å². The molecule has 1 rings (SSSR count). The third kappa shape index (κ3) is 40.0. The molecule has 0 aromatic rings. The largest absolute Gasteiger partial charge is 0.472 e. The Morgan fingerprint density at radius 3 is 1.55 bits per heavy atom. The Morgan fingerprint density at radius 2 is 1.07 bits per heavy atom. The summed E-state index contributed by atoms with van der Waals surface area (Å²) in [6.07, 6.45) is 22.3. The number of nitrogens with two attached hydrogens (primary N) is 1. The van der Waals surface area contributed by atoms with Crippen LogP contribution in [0.15, 0.2) is 0 Å². The summed E-state index contributed by atoms with van der Waals surface area (Å²) in [4.78, 5) is 111. The molecule has 1 aliphatic rings. The summed E-state index contributed by atoms with van der Waals surface area (Å²) in [6.45, 7) is 5.41. The van der Waals surface area contributed by atoms with Crippen molar-refractivity contribution in [1.82, 2.24) is 26.6 Å². The van der Waals surface area contributed by atoms with Crippen LogP contribution in [0.5, 0.6) is 0 Å². The molecule has 6 amide bonds. The molecule has 494 valence electrons. The van der Waals surface area contributed by atoms with Gasteiger partial charge in [0.2, 0.25) is 35.4 Å². The monoisotopic (exact) mass is 1240 g/mol. The van der Waals surface area contributed by atoms with E-state index in [1.54, 1.807) is 0 Å². The molecule has 0 saturated carbocycles. The zero-order chi connectivity index (χ0) is 63.3. The smallest absolute Gasteiger partial charge is 0.462 e. The number of phosphoric ester groups is 1. The van der Waals surface area contributed by atoms with E-state index < -0.39 is 137 Å². The number of ether oxygens (including phenoxy) is 4. The zero-order valence-corrected chi connectivity index (χ0v) is 52.7. The first kappa shape index (κ1) is 78.7. The maximum Gasteiger partial charge on any atom is 0.472 e. The third-order valence-electron chi connectivity index (χ3n) is 14.5. The van der Waals surface area contributed by atoms with Gasteiger partial charge in [0.1, 0.15) is 49.1 Å². The second kappa shape index (κ2) is 48.7. The first-order valence-electron chi connectivity index (χ1n) is 31.6. The van der Waals surface area contributed by atoms with Crippen LogP contribution in [0.1, 0.15) is 234 Å². The lowest BCUT2D eigenvalue weighted by atomic mass is 9.96. The highest BCUT2D eigenvalue weighted by Gasteiger charge is 2.46. The molecule has 25 nitrogen and oxygen atoms in total. The molecule has 0 spiro atoms. The lowest BCUT2D eigenvalue weighted by molar-refractivity contribution is -0.261. The standard InChI is InChI=1S/C59H109N6O19P/c1-6-8-10-12-14-16-18-20-22-24-26-28-30-32-51(70)80-41-46(83-52(71)33-31-29-27-25-23-21-19-17-15-13-11-9-7-2)42-82-85(77,78)81-39-37-61-57(74)43(3)62-49(68)35-34-47(56(60)73)65-58(75)44(4)63-50(69)36-38-79-55-53(64-45(5)67)59(76)84-48(40-66)54(55)72/h43-44,46-48,53-55,59,66,72,76H,6-42H2,1-5H3,(H2,60,73)(H,61,74)(H,62,68)(H,63,69)(H,64,67)(H,65,75)(H,77,78)/t43-,44-,46+,47+,48-,53+,54+,55+,59?/m0/s1. The van der Waals surface area contributed by atoms with E-state index in [1.807, 2.05) is 0 Å². The molecule has 0 aromatic carbocycles. The molecule has 26 heteroatoms. The van der Waals surface area contributed by atoms with Crippen molar-refractivity contribution in [2.45, 2.75) is 289 Å². The number of aliphatic hydroxyl groups is 3. The number of nitrogens with one attached hydrogen (secondary N) is 5. The minimum atomic E-state index is -4.79. The van der Waals surface area contributed by atoms with E-state index in [2.05, 4.69) is 40.4 Å². The third-order valence-corrected chi connectivity index (χ3v) is 15.5. The van der Waals surface area contributed by atoms with E-state index in [-0.39, 0.29) is 45.3 Å². The van der Waals surface area contributed by atoms with Gasteiger partial charge in [0.15, 0.2) is 12.4 Å². The number of rotatable bonds is 53. The lowest BCUT2D eigenvalue weighted by Gasteiger charge is -2.42. The number of carbonyl (C=O) groups excluding carboxylic acids is 8. The van der Waals surface area contributed by atoms with Gasteiger partial charge in [-0.2, -0.15) is 0 Å². The van der Waals surface area contributed by atoms with Gasteiger partial charge in [-0.25, -0.2) is 4.57 Å². The Morgan fingerprint density at radius 1 is 0.600 bits per heavy atom. The zero-order valence-electron chi connectivity index (χ0n) is 51.8. The molecule has 85 heavy (non-hydrogen) atoms. The lowest BCUT2D eigenvalue weighted by Crippen LogP contribution is -2.64. The molecular weight excluding hydrogens is 1130 g/mol. The SMILES string of the molecule is CCCCCCCCCCCCCCCC(=O)OC[C@H](COP(=O)(O)OCCNC(=O)[C@H](C)NC(=O)CC[C@@H](NC(=O)[C@H](C)NC(=O)CCO[C@H]1[C@H](O)[C@H](CO)OC(O)[C@@H]1NC(C)=O)C(N)=O)OC(=O)CCCCCCCCCCCCCCC. The molecule has 0 aromatic heterocycles. The predicted octanol–water partition coefficient (Wildman–Crippen LogP) is 5.76. The van der Waals surface area contributed by atoms with Gasteiger partial charge in [0, 0.05) is 39.2 Å². The van der Waals surface area contributed by atoms with Gasteiger partial charge in [0.25, 0.3) is 0 Å². The summed E-state index contributed by atoms with van der Waals surface area (Å²) in [5.74, 6) is -5.55. The van der Waals surface area contributed by atoms with Gasteiger partial charge < -0.3 is 71.5 Å². The van der Waals surface area contributed by atoms with Crippen LogP contribution in [0.2, 0.25) is 0 Å². The summed E-state index contributed by atoms with van der Waals surface area (Å²) in [7, 11) is -4.79. The van der Waals surface area contributed by atoms with Crippen molar-refractivity contribution in [2.24, 2.45) is 5.73 Å². The number of hydrogen-bond acceptors (Lipinski definition) is 18. The van der Waals surface area contributed by atoms with Gasteiger partial charge in [-0.1, -0.05) is 168 Å². The highest BCUT2D eigenvalue weighted by atomic mass is 31.2. The van der Waals surface area contributed by atoms with Gasteiger partial charge >= 0.3 is 19.8 Å². The van der Waals surface area contributed by atoms with E-state index in [9.17, 15) is 63.1 Å². The van der Waals surface area contributed by atoms with Crippen LogP contribution in [-0.2, 0) is 70.9 Å². The highest BCUT2D eigenvalue weighted by molar-refractivity contribution is 7.47. The number of esters is 2. The molecule has 0 bridgehead atoms. The quantitative estimate of drug-likeness (QED) is 0.0196. The second-order valence-electron chi connectivity index (χ2n) is 22.3. The number of phosphoric acid groups is 1. The molecule has 2 unspecified atom stereocenters. The minimum Gasteiger partial charge on any atom is -0.462 e. The normalized spacial score (nSPS) is 18.9. The average Bonchev–Trinajstić information content (AvgIpc) is 3.46. The maximum atomic E-state index is 12.9. The van der Waals surface area contributed by atoms with Crippen molar-refractivity contribution in [3.05, 3.63) is 0 Å². The fraction of sp³-hybridized carbons (Fsp3) is 0.864. The summed E-state index contributed by atoms with van der Waals surface area (Å²) < 4.78 is 44.7. The Kier molecular flexibility index (Phi) is 45.0. The predicted molar refractivity (Wildman–Crippen MR) is 318 cm³/mol. The molecule has 10 atom stereocenters. The van der Waals surface area contributed by atoms with E-state index in [0.717, 1.165) is 44.9 Å². The number of carbonyl (C=O) groups is 8.